The molecule has 5 heteroatoms. The van der Waals surface area contributed by atoms with Gasteiger partial charge < -0.3 is 19.3 Å². The summed E-state index contributed by atoms with van der Waals surface area (Å²) in [5.41, 5.74) is 2.21. The number of carbonyl (C=O) groups is 1. The monoisotopic (exact) mass is 360 g/mol. The van der Waals surface area contributed by atoms with E-state index in [0.29, 0.717) is 5.92 Å². The molecule has 0 N–H and O–H groups in total. The van der Waals surface area contributed by atoms with Crippen LogP contribution in [0.25, 0.3) is 0 Å². The lowest BCUT2D eigenvalue weighted by Crippen LogP contribution is -2.47. The Morgan fingerprint density at radius 2 is 2.00 bits per heavy atom. The Hall–Kier alpha value is -1.43. The zero-order valence-electron chi connectivity index (χ0n) is 16.4. The second-order valence-corrected chi connectivity index (χ2v) is 7.90. The number of benzene rings is 1. The average Bonchev–Trinajstić information content (AvgIpc) is 2.97. The molecule has 2 fully saturated rings. The van der Waals surface area contributed by atoms with E-state index in [1.807, 2.05) is 36.1 Å². The van der Waals surface area contributed by atoms with E-state index in [4.69, 9.17) is 9.47 Å². The van der Waals surface area contributed by atoms with Gasteiger partial charge in [0.1, 0.15) is 0 Å². The summed E-state index contributed by atoms with van der Waals surface area (Å²) in [7, 11) is 3.55. The van der Waals surface area contributed by atoms with Crippen molar-refractivity contribution in [1.82, 2.24) is 9.80 Å². The van der Waals surface area contributed by atoms with Crippen molar-refractivity contribution < 1.29 is 14.3 Å². The summed E-state index contributed by atoms with van der Waals surface area (Å²) in [4.78, 5) is 17.4. The third kappa shape index (κ3) is 4.11. The average molecular weight is 360 g/mol. The second-order valence-electron chi connectivity index (χ2n) is 7.90. The predicted octanol–water partition coefficient (Wildman–Crippen LogP) is 2.44. The maximum Gasteiger partial charge on any atom is 0.253 e. The lowest BCUT2D eigenvalue weighted by molar-refractivity contribution is 0.0321. The van der Waals surface area contributed by atoms with Gasteiger partial charge in [0.15, 0.2) is 0 Å². The molecule has 2 heterocycles. The van der Waals surface area contributed by atoms with Crippen LogP contribution in [0, 0.1) is 18.3 Å². The number of aryl methyl sites for hydroxylation is 1. The SMILES string of the molecule is COCCN1CC(COC)C2(CCN(C(=O)c3cccc(C)c3)CC2)C1. The first-order valence-corrected chi connectivity index (χ1v) is 9.64. The van der Waals surface area contributed by atoms with Crippen LogP contribution in [0.2, 0.25) is 0 Å². The number of ether oxygens (including phenoxy) is 2. The molecule has 0 bridgehead atoms. The molecule has 0 aromatic heterocycles. The molecule has 1 aromatic rings. The number of piperidine rings is 1. The minimum atomic E-state index is 0.168. The van der Waals surface area contributed by atoms with E-state index in [1.165, 1.54) is 0 Å². The fourth-order valence-corrected chi connectivity index (χ4v) is 4.65. The molecular weight excluding hydrogens is 328 g/mol. The van der Waals surface area contributed by atoms with Gasteiger partial charge >= 0.3 is 0 Å². The quantitative estimate of drug-likeness (QED) is 0.781. The zero-order chi connectivity index (χ0) is 18.6. The van der Waals surface area contributed by atoms with Crippen LogP contribution in [-0.4, -0.2) is 75.9 Å². The van der Waals surface area contributed by atoms with Gasteiger partial charge in [0.2, 0.25) is 0 Å². The lowest BCUT2D eigenvalue weighted by Gasteiger charge is -2.42. The van der Waals surface area contributed by atoms with Crippen molar-refractivity contribution in [2.45, 2.75) is 19.8 Å². The summed E-state index contributed by atoms with van der Waals surface area (Å²) in [5, 5.41) is 0. The van der Waals surface area contributed by atoms with Crippen LogP contribution in [0.3, 0.4) is 0 Å². The van der Waals surface area contributed by atoms with E-state index in [0.717, 1.165) is 69.9 Å². The summed E-state index contributed by atoms with van der Waals surface area (Å²) in [6.07, 6.45) is 2.12. The van der Waals surface area contributed by atoms with Crippen molar-refractivity contribution in [3.8, 4) is 0 Å². The molecule has 2 saturated heterocycles. The van der Waals surface area contributed by atoms with E-state index in [1.54, 1.807) is 14.2 Å². The molecular formula is C21H32N2O3. The molecule has 0 saturated carbocycles. The maximum absolute atomic E-state index is 12.8. The normalized spacial score (nSPS) is 22.9. The Balaban J connectivity index is 1.64. The summed E-state index contributed by atoms with van der Waals surface area (Å²) in [6, 6.07) is 7.91. The van der Waals surface area contributed by atoms with Gasteiger partial charge in [-0.15, -0.1) is 0 Å². The van der Waals surface area contributed by atoms with Gasteiger partial charge in [-0.25, -0.2) is 0 Å². The Kier molecular flexibility index (Phi) is 6.33. The van der Waals surface area contributed by atoms with Crippen LogP contribution in [-0.2, 0) is 9.47 Å². The number of rotatable bonds is 6. The van der Waals surface area contributed by atoms with Crippen LogP contribution < -0.4 is 0 Å². The van der Waals surface area contributed by atoms with E-state index < -0.39 is 0 Å². The minimum Gasteiger partial charge on any atom is -0.384 e. The summed E-state index contributed by atoms with van der Waals surface area (Å²) >= 11 is 0. The van der Waals surface area contributed by atoms with Crippen molar-refractivity contribution in [3.05, 3.63) is 35.4 Å². The highest BCUT2D eigenvalue weighted by Gasteiger charge is 2.48. The molecule has 1 atom stereocenters. The standard InChI is InChI=1S/C21H32N2O3/c1-17-5-4-6-18(13-17)20(24)23-9-7-21(8-10-23)16-22(11-12-25-2)14-19(21)15-26-3/h4-6,13,19H,7-12,14-16H2,1-3H3. The first-order chi connectivity index (χ1) is 12.6. The third-order valence-corrected chi connectivity index (χ3v) is 6.17. The summed E-state index contributed by atoms with van der Waals surface area (Å²) in [5.74, 6) is 0.710. The maximum atomic E-state index is 12.8. The van der Waals surface area contributed by atoms with Crippen LogP contribution in [0.5, 0.6) is 0 Å². The first-order valence-electron chi connectivity index (χ1n) is 9.64. The van der Waals surface area contributed by atoms with Crippen molar-refractivity contribution >= 4 is 5.91 Å². The minimum absolute atomic E-state index is 0.168. The highest BCUT2D eigenvalue weighted by Crippen LogP contribution is 2.44. The van der Waals surface area contributed by atoms with E-state index in [-0.39, 0.29) is 11.3 Å². The Bertz CT molecular complexity index is 611. The highest BCUT2D eigenvalue weighted by molar-refractivity contribution is 5.94. The van der Waals surface area contributed by atoms with Crippen molar-refractivity contribution in [2.75, 3.05) is 60.2 Å². The van der Waals surface area contributed by atoms with Gasteiger partial charge in [-0.3, -0.25) is 4.79 Å². The van der Waals surface area contributed by atoms with Crippen molar-refractivity contribution in [3.63, 3.8) is 0 Å². The van der Waals surface area contributed by atoms with Crippen LogP contribution in [0.15, 0.2) is 24.3 Å². The largest absolute Gasteiger partial charge is 0.384 e. The van der Waals surface area contributed by atoms with Gasteiger partial charge in [-0.2, -0.15) is 0 Å². The molecule has 1 aromatic carbocycles. The fraction of sp³-hybridized carbons (Fsp3) is 0.667. The molecule has 5 nitrogen and oxygen atoms in total. The number of hydrogen-bond donors (Lipinski definition) is 0. The number of carbonyl (C=O) groups excluding carboxylic acids is 1. The molecule has 1 amide bonds. The van der Waals surface area contributed by atoms with Gasteiger partial charge in [0, 0.05) is 58.4 Å². The van der Waals surface area contributed by atoms with Crippen LogP contribution in [0.4, 0.5) is 0 Å². The number of hydrogen-bond acceptors (Lipinski definition) is 4. The van der Waals surface area contributed by atoms with Crippen LogP contribution in [0.1, 0.15) is 28.8 Å². The summed E-state index contributed by atoms with van der Waals surface area (Å²) < 4.78 is 10.8. The summed E-state index contributed by atoms with van der Waals surface area (Å²) in [6.45, 7) is 8.42. The molecule has 1 spiro atoms. The zero-order valence-corrected chi connectivity index (χ0v) is 16.4. The Morgan fingerprint density at radius 3 is 2.65 bits per heavy atom. The van der Waals surface area contributed by atoms with Gasteiger partial charge in [-0.05, 0) is 37.3 Å². The van der Waals surface area contributed by atoms with Gasteiger partial charge in [0.25, 0.3) is 5.91 Å². The number of methoxy groups -OCH3 is 2. The topological polar surface area (TPSA) is 42.0 Å². The smallest absolute Gasteiger partial charge is 0.253 e. The lowest BCUT2D eigenvalue weighted by atomic mass is 9.71. The Labute approximate surface area is 157 Å². The first kappa shape index (κ1) is 19.3. The molecule has 1 unspecified atom stereocenters. The predicted molar refractivity (Wildman–Crippen MR) is 102 cm³/mol. The van der Waals surface area contributed by atoms with Crippen molar-refractivity contribution in [2.24, 2.45) is 11.3 Å². The van der Waals surface area contributed by atoms with Crippen molar-refractivity contribution in [1.29, 1.82) is 0 Å². The second kappa shape index (κ2) is 8.51. The fourth-order valence-electron chi connectivity index (χ4n) is 4.65. The molecule has 2 aliphatic heterocycles. The van der Waals surface area contributed by atoms with E-state index in [9.17, 15) is 4.79 Å². The number of amides is 1. The number of likely N-dealkylation sites (tertiary alicyclic amines) is 2. The molecule has 3 rings (SSSR count). The highest BCUT2D eigenvalue weighted by atomic mass is 16.5. The third-order valence-electron chi connectivity index (χ3n) is 6.17. The molecule has 0 radical (unpaired) electrons. The number of nitrogens with zero attached hydrogens (tertiary/aromatic N) is 2. The van der Waals surface area contributed by atoms with E-state index >= 15 is 0 Å². The van der Waals surface area contributed by atoms with Gasteiger partial charge in [0.05, 0.1) is 13.2 Å². The molecule has 0 aliphatic carbocycles. The van der Waals surface area contributed by atoms with E-state index in [2.05, 4.69) is 4.90 Å². The Morgan fingerprint density at radius 1 is 1.23 bits per heavy atom. The molecule has 144 valence electrons. The van der Waals surface area contributed by atoms with Crippen LogP contribution >= 0.6 is 0 Å². The molecule has 26 heavy (non-hydrogen) atoms. The van der Waals surface area contributed by atoms with Gasteiger partial charge in [-0.1, -0.05) is 17.7 Å². The molecule has 2 aliphatic rings.